The first-order valence-electron chi connectivity index (χ1n) is 13.3. The van der Waals surface area contributed by atoms with Crippen LogP contribution in [-0.2, 0) is 18.3 Å². The molecule has 0 heterocycles. The number of phosphoric acid groups is 1. The molecule has 0 aromatic carbocycles. The Hall–Kier alpha value is 0.0300. The molecule has 0 aliphatic heterocycles. The van der Waals surface area contributed by atoms with E-state index < -0.39 is 7.82 Å². The quantitative estimate of drug-likeness (QED) is 0.0857. The summed E-state index contributed by atoms with van der Waals surface area (Å²) in [4.78, 5) is 9.61. The molecule has 0 aromatic rings. The van der Waals surface area contributed by atoms with Gasteiger partial charge in [-0.15, -0.1) is 0 Å². The van der Waals surface area contributed by atoms with Gasteiger partial charge in [0.2, 0.25) is 0 Å². The minimum atomic E-state index is -3.96. The lowest BCUT2D eigenvalue weighted by molar-refractivity contribution is -0.870. The van der Waals surface area contributed by atoms with Gasteiger partial charge in [-0.3, -0.25) is 9.05 Å². The van der Waals surface area contributed by atoms with Gasteiger partial charge in [0.25, 0.3) is 0 Å². The van der Waals surface area contributed by atoms with E-state index >= 15 is 0 Å². The lowest BCUT2D eigenvalue weighted by Gasteiger charge is -2.24. The summed E-state index contributed by atoms with van der Waals surface area (Å²) in [6.45, 7) is 4.19. The van der Waals surface area contributed by atoms with Crippen molar-refractivity contribution >= 4 is 7.82 Å². The van der Waals surface area contributed by atoms with Crippen molar-refractivity contribution in [1.82, 2.24) is 0 Å². The Morgan fingerprint density at radius 3 is 1.44 bits per heavy atom. The summed E-state index contributed by atoms with van der Waals surface area (Å²) in [5.74, 6) is 0. The molecule has 0 fully saturated rings. The van der Waals surface area contributed by atoms with Crippen molar-refractivity contribution in [3.05, 3.63) is 0 Å². The molecule has 0 bridgehead atoms. The standard InChI is InChI=1S/C25H54NO5P/c1-5-6-7-8-9-10-11-12-13-14-15-16-17-18-19-20-22-29-24-25-31-32(27,28)30-23-21-26(2,3)4/h5-25H2,1-4H3/p+1. The molecule has 0 aliphatic rings. The van der Waals surface area contributed by atoms with E-state index in [2.05, 4.69) is 6.92 Å². The van der Waals surface area contributed by atoms with Crippen molar-refractivity contribution < 1.29 is 27.7 Å². The van der Waals surface area contributed by atoms with E-state index in [9.17, 15) is 9.46 Å². The first-order chi connectivity index (χ1) is 15.3. The molecule has 0 aliphatic carbocycles. The molecule has 1 atom stereocenters. The molecule has 6 nitrogen and oxygen atoms in total. The fraction of sp³-hybridized carbons (Fsp3) is 1.00. The first-order valence-corrected chi connectivity index (χ1v) is 14.8. The van der Waals surface area contributed by atoms with E-state index in [4.69, 9.17) is 13.8 Å². The molecule has 1 unspecified atom stereocenters. The van der Waals surface area contributed by atoms with Gasteiger partial charge in [0.1, 0.15) is 13.2 Å². The maximum atomic E-state index is 11.7. The number of phosphoric ester groups is 1. The van der Waals surface area contributed by atoms with E-state index in [0.717, 1.165) is 6.42 Å². The van der Waals surface area contributed by atoms with Crippen LogP contribution in [0.1, 0.15) is 110 Å². The van der Waals surface area contributed by atoms with Gasteiger partial charge in [-0.1, -0.05) is 103 Å². The van der Waals surface area contributed by atoms with Crippen molar-refractivity contribution in [2.24, 2.45) is 0 Å². The molecule has 0 saturated heterocycles. The number of hydrogen-bond donors (Lipinski definition) is 1. The van der Waals surface area contributed by atoms with Gasteiger partial charge >= 0.3 is 7.82 Å². The summed E-state index contributed by atoms with van der Waals surface area (Å²) < 4.78 is 27.8. The fourth-order valence-electron chi connectivity index (χ4n) is 3.53. The molecule has 0 spiro atoms. The lowest BCUT2D eigenvalue weighted by Crippen LogP contribution is -2.37. The zero-order chi connectivity index (χ0) is 24.0. The number of hydrogen-bond acceptors (Lipinski definition) is 4. The zero-order valence-electron chi connectivity index (χ0n) is 21.8. The Morgan fingerprint density at radius 1 is 0.594 bits per heavy atom. The van der Waals surface area contributed by atoms with Gasteiger partial charge in [-0.2, -0.15) is 0 Å². The summed E-state index contributed by atoms with van der Waals surface area (Å²) in [6, 6.07) is 0. The average molecular weight is 481 g/mol. The van der Waals surface area contributed by atoms with Gasteiger partial charge in [0, 0.05) is 6.61 Å². The van der Waals surface area contributed by atoms with Crippen LogP contribution < -0.4 is 0 Å². The van der Waals surface area contributed by atoms with Gasteiger partial charge < -0.3 is 14.1 Å². The summed E-state index contributed by atoms with van der Waals surface area (Å²) in [5.41, 5.74) is 0. The van der Waals surface area contributed by atoms with Crippen LogP contribution in [0.3, 0.4) is 0 Å². The highest BCUT2D eigenvalue weighted by molar-refractivity contribution is 7.47. The maximum Gasteiger partial charge on any atom is 0.472 e. The second-order valence-corrected chi connectivity index (χ2v) is 11.5. The third-order valence-corrected chi connectivity index (χ3v) is 6.66. The lowest BCUT2D eigenvalue weighted by atomic mass is 10.0. The SMILES string of the molecule is CCCCCCCCCCCCCCCCCCOCCOP(=O)(O)OCC[N+](C)(C)C. The Kier molecular flexibility index (Phi) is 21.6. The van der Waals surface area contributed by atoms with Gasteiger partial charge in [-0.25, -0.2) is 4.57 Å². The molecule has 0 rings (SSSR count). The van der Waals surface area contributed by atoms with Gasteiger partial charge in [0.05, 0.1) is 34.4 Å². The Bertz CT molecular complexity index is 443. The molecule has 0 saturated carbocycles. The summed E-state index contributed by atoms with van der Waals surface area (Å²) in [6.07, 6.45) is 21.7. The van der Waals surface area contributed by atoms with E-state index in [1.807, 2.05) is 21.1 Å². The Morgan fingerprint density at radius 2 is 1.00 bits per heavy atom. The topological polar surface area (TPSA) is 65.0 Å². The number of likely N-dealkylation sites (N-methyl/N-ethyl adjacent to an activating group) is 1. The predicted molar refractivity (Wildman–Crippen MR) is 135 cm³/mol. The number of nitrogens with zero attached hydrogens (tertiary/aromatic N) is 1. The minimum Gasteiger partial charge on any atom is -0.379 e. The molecule has 1 N–H and O–H groups in total. The van der Waals surface area contributed by atoms with Crippen LogP contribution in [0, 0.1) is 0 Å². The van der Waals surface area contributed by atoms with Gasteiger partial charge in [0.15, 0.2) is 0 Å². The predicted octanol–water partition coefficient (Wildman–Crippen LogP) is 7.10. The van der Waals surface area contributed by atoms with Crippen LogP contribution in [0.15, 0.2) is 0 Å². The molecule has 7 heteroatoms. The number of quaternary nitrogens is 1. The van der Waals surface area contributed by atoms with Gasteiger partial charge in [-0.05, 0) is 6.42 Å². The number of rotatable bonds is 25. The largest absolute Gasteiger partial charge is 0.472 e. The first kappa shape index (κ1) is 32.0. The third-order valence-electron chi connectivity index (χ3n) is 5.64. The number of ether oxygens (including phenoxy) is 1. The normalized spacial score (nSPS) is 14.0. The van der Waals surface area contributed by atoms with Crippen molar-refractivity contribution in [1.29, 1.82) is 0 Å². The van der Waals surface area contributed by atoms with Crippen molar-refractivity contribution in [2.75, 3.05) is 54.1 Å². The van der Waals surface area contributed by atoms with E-state index in [-0.39, 0.29) is 13.2 Å². The van der Waals surface area contributed by atoms with Crippen LogP contribution in [0.4, 0.5) is 0 Å². The highest BCUT2D eigenvalue weighted by atomic mass is 31.2. The molecule has 194 valence electrons. The summed E-state index contributed by atoms with van der Waals surface area (Å²) in [7, 11) is 2.03. The van der Waals surface area contributed by atoms with Crippen LogP contribution in [0.25, 0.3) is 0 Å². The van der Waals surface area contributed by atoms with Crippen LogP contribution >= 0.6 is 7.82 Å². The second kappa shape index (κ2) is 21.6. The zero-order valence-corrected chi connectivity index (χ0v) is 22.7. The maximum absolute atomic E-state index is 11.7. The average Bonchev–Trinajstić information content (AvgIpc) is 2.71. The highest BCUT2D eigenvalue weighted by Gasteiger charge is 2.22. The van der Waals surface area contributed by atoms with E-state index in [1.165, 1.54) is 96.3 Å². The van der Waals surface area contributed by atoms with Crippen LogP contribution in [-0.4, -0.2) is 63.5 Å². The molecule has 32 heavy (non-hydrogen) atoms. The van der Waals surface area contributed by atoms with Crippen LogP contribution in [0.5, 0.6) is 0 Å². The number of unbranched alkanes of at least 4 members (excludes halogenated alkanes) is 15. The van der Waals surface area contributed by atoms with E-state index in [0.29, 0.717) is 24.2 Å². The van der Waals surface area contributed by atoms with Crippen LogP contribution in [0.2, 0.25) is 0 Å². The Labute approximate surface area is 199 Å². The highest BCUT2D eigenvalue weighted by Crippen LogP contribution is 2.42. The summed E-state index contributed by atoms with van der Waals surface area (Å²) >= 11 is 0. The minimum absolute atomic E-state index is 0.0804. The summed E-state index contributed by atoms with van der Waals surface area (Å²) in [5, 5.41) is 0. The molecular formula is C25H55NO5P+. The molecule has 0 radical (unpaired) electrons. The molecular weight excluding hydrogens is 425 g/mol. The molecule has 0 amide bonds. The smallest absolute Gasteiger partial charge is 0.379 e. The van der Waals surface area contributed by atoms with Crippen molar-refractivity contribution in [2.45, 2.75) is 110 Å². The fourth-order valence-corrected chi connectivity index (χ4v) is 4.23. The van der Waals surface area contributed by atoms with Crippen molar-refractivity contribution in [3.63, 3.8) is 0 Å². The molecule has 0 aromatic heterocycles. The van der Waals surface area contributed by atoms with E-state index in [1.54, 1.807) is 0 Å². The third kappa shape index (κ3) is 26.3. The monoisotopic (exact) mass is 480 g/mol. The van der Waals surface area contributed by atoms with Crippen molar-refractivity contribution in [3.8, 4) is 0 Å². The Balaban J connectivity index is 3.24. The second-order valence-electron chi connectivity index (χ2n) is 10.1.